The van der Waals surface area contributed by atoms with Crippen LogP contribution in [0.25, 0.3) is 10.6 Å². The molecule has 1 aromatic heterocycles. The van der Waals surface area contributed by atoms with E-state index in [1.54, 1.807) is 19.1 Å². The fraction of sp³-hybridized carbons (Fsp3) is 0.105. The Balaban J connectivity index is 1.70. The van der Waals surface area contributed by atoms with Crippen molar-refractivity contribution in [3.05, 3.63) is 69.1 Å². The maximum atomic E-state index is 12.0. The molecule has 0 bridgehead atoms. The molecule has 0 unspecified atom stereocenters. The third kappa shape index (κ3) is 4.86. The first-order valence-corrected chi connectivity index (χ1v) is 9.52. The van der Waals surface area contributed by atoms with Crippen molar-refractivity contribution in [2.45, 2.75) is 13.8 Å². The fourth-order valence-electron chi connectivity index (χ4n) is 2.31. The van der Waals surface area contributed by atoms with Crippen molar-refractivity contribution < 1.29 is 9.63 Å². The second-order valence-corrected chi connectivity index (χ2v) is 7.45. The molecule has 2 aromatic carbocycles. The molecule has 0 radical (unpaired) electrons. The average molecular weight is 420 g/mol. The summed E-state index contributed by atoms with van der Waals surface area (Å²) in [5, 5.41) is 8.10. The van der Waals surface area contributed by atoms with Crippen molar-refractivity contribution in [2.24, 2.45) is 5.16 Å². The molecule has 0 saturated heterocycles. The molecule has 5 nitrogen and oxygen atoms in total. The van der Waals surface area contributed by atoms with Crippen LogP contribution < -0.4 is 5.32 Å². The molecule has 1 N–H and O–H groups in total. The van der Waals surface area contributed by atoms with Crippen LogP contribution in [-0.2, 0) is 4.84 Å². The molecule has 3 aromatic rings. The zero-order valence-corrected chi connectivity index (χ0v) is 16.8. The maximum Gasteiger partial charge on any atom is 0.437 e. The molecule has 27 heavy (non-hydrogen) atoms. The number of hydrogen-bond donors (Lipinski definition) is 1. The molecule has 1 heterocycles. The molecule has 1 amide bonds. The Labute approximate surface area is 170 Å². The van der Waals surface area contributed by atoms with Crippen molar-refractivity contribution in [3.63, 3.8) is 0 Å². The van der Waals surface area contributed by atoms with E-state index < -0.39 is 6.09 Å². The first-order valence-electron chi connectivity index (χ1n) is 7.95. The number of nitrogens with one attached hydrogen (secondary N) is 1. The Morgan fingerprint density at radius 1 is 1.19 bits per heavy atom. The summed E-state index contributed by atoms with van der Waals surface area (Å²) in [6, 6.07) is 14.6. The smallest absolute Gasteiger partial charge is 0.297 e. The van der Waals surface area contributed by atoms with Crippen LogP contribution in [0.1, 0.15) is 17.5 Å². The highest BCUT2D eigenvalue weighted by Crippen LogP contribution is 2.28. The van der Waals surface area contributed by atoms with Crippen molar-refractivity contribution in [1.29, 1.82) is 0 Å². The van der Waals surface area contributed by atoms with Gasteiger partial charge >= 0.3 is 6.09 Å². The number of rotatable bonds is 4. The molecule has 0 aliphatic rings. The molecule has 138 valence electrons. The van der Waals surface area contributed by atoms with E-state index in [1.807, 2.05) is 37.3 Å². The number of carbonyl (C=O) groups is 1. The quantitative estimate of drug-likeness (QED) is 0.302. The first kappa shape index (κ1) is 19.4. The Bertz CT molecular complexity index is 1000. The van der Waals surface area contributed by atoms with Crippen molar-refractivity contribution in [1.82, 2.24) is 4.98 Å². The highest BCUT2D eigenvalue weighted by Gasteiger charge is 2.13. The van der Waals surface area contributed by atoms with Gasteiger partial charge in [-0.3, -0.25) is 10.2 Å². The topological polar surface area (TPSA) is 63.6 Å². The van der Waals surface area contributed by atoms with Gasteiger partial charge in [0.2, 0.25) is 0 Å². The van der Waals surface area contributed by atoms with Gasteiger partial charge in [0.05, 0.1) is 27.0 Å². The van der Waals surface area contributed by atoms with Gasteiger partial charge in [0, 0.05) is 10.6 Å². The number of halogens is 2. The normalized spacial score (nSPS) is 11.3. The molecule has 0 spiro atoms. The van der Waals surface area contributed by atoms with Crippen LogP contribution in [0.5, 0.6) is 0 Å². The minimum atomic E-state index is -0.746. The van der Waals surface area contributed by atoms with Crippen LogP contribution in [0.3, 0.4) is 0 Å². The van der Waals surface area contributed by atoms with E-state index in [9.17, 15) is 4.79 Å². The number of hydrogen-bond acceptors (Lipinski definition) is 5. The van der Waals surface area contributed by atoms with Crippen molar-refractivity contribution in [3.8, 4) is 10.6 Å². The van der Waals surface area contributed by atoms with Crippen LogP contribution >= 0.6 is 34.5 Å². The van der Waals surface area contributed by atoms with E-state index in [4.69, 9.17) is 28.0 Å². The lowest BCUT2D eigenvalue weighted by Crippen LogP contribution is -2.12. The number of amides is 1. The molecule has 8 heteroatoms. The Morgan fingerprint density at radius 2 is 1.93 bits per heavy atom. The van der Waals surface area contributed by atoms with Gasteiger partial charge in [0.15, 0.2) is 0 Å². The number of aromatic nitrogens is 1. The number of nitrogens with zero attached hydrogens (tertiary/aromatic N) is 2. The predicted octanol–water partition coefficient (Wildman–Crippen LogP) is 6.40. The zero-order valence-electron chi connectivity index (χ0n) is 14.5. The van der Waals surface area contributed by atoms with Gasteiger partial charge in [-0.15, -0.1) is 11.3 Å². The standard InChI is InChI=1S/C19H15Cl2N3O2S/c1-11-17(27-18(22-11)13-6-4-3-5-7-13)12(2)24-26-19(25)23-16-9-8-14(20)10-15(16)21/h3-10H,1-2H3,(H,23,25)/b24-12-. The van der Waals surface area contributed by atoms with Gasteiger partial charge in [-0.25, -0.2) is 9.78 Å². The molecule has 0 fully saturated rings. The lowest BCUT2D eigenvalue weighted by Gasteiger charge is -2.05. The molecular weight excluding hydrogens is 405 g/mol. The molecular formula is C19H15Cl2N3O2S. The SMILES string of the molecule is C/C(=N/OC(=O)Nc1ccc(Cl)cc1Cl)c1sc(-c2ccccc2)nc1C. The van der Waals surface area contributed by atoms with Crippen LogP contribution in [0.4, 0.5) is 10.5 Å². The summed E-state index contributed by atoms with van der Waals surface area (Å²) in [5.74, 6) is 0. The number of aryl methyl sites for hydroxylation is 1. The fourth-order valence-corrected chi connectivity index (χ4v) is 3.78. The Hall–Kier alpha value is -2.41. The summed E-state index contributed by atoms with van der Waals surface area (Å²) in [5.41, 5.74) is 2.80. The Morgan fingerprint density at radius 3 is 2.63 bits per heavy atom. The lowest BCUT2D eigenvalue weighted by molar-refractivity contribution is 0.166. The first-order chi connectivity index (χ1) is 12.9. The molecule has 0 saturated carbocycles. The summed E-state index contributed by atoms with van der Waals surface area (Å²) >= 11 is 13.3. The van der Waals surface area contributed by atoms with Crippen LogP contribution in [0, 0.1) is 6.92 Å². The average Bonchev–Trinajstić information content (AvgIpc) is 3.05. The second kappa shape index (κ2) is 8.52. The summed E-state index contributed by atoms with van der Waals surface area (Å²) in [4.78, 5) is 22.3. The van der Waals surface area contributed by atoms with Gasteiger partial charge in [0.25, 0.3) is 0 Å². The monoisotopic (exact) mass is 419 g/mol. The summed E-state index contributed by atoms with van der Waals surface area (Å²) < 4.78 is 0. The van der Waals surface area contributed by atoms with Crippen LogP contribution in [0.2, 0.25) is 10.0 Å². The van der Waals surface area contributed by atoms with Crippen molar-refractivity contribution in [2.75, 3.05) is 5.32 Å². The molecule has 3 rings (SSSR count). The summed E-state index contributed by atoms with van der Waals surface area (Å²) in [7, 11) is 0. The maximum absolute atomic E-state index is 12.0. The van der Waals surface area contributed by atoms with E-state index in [0.717, 1.165) is 21.1 Å². The van der Waals surface area contributed by atoms with E-state index in [2.05, 4.69) is 15.5 Å². The van der Waals surface area contributed by atoms with E-state index in [-0.39, 0.29) is 0 Å². The number of carbonyl (C=O) groups excluding carboxylic acids is 1. The van der Waals surface area contributed by atoms with Gasteiger partial charge in [-0.1, -0.05) is 58.7 Å². The van der Waals surface area contributed by atoms with Crippen LogP contribution in [0.15, 0.2) is 53.7 Å². The minimum Gasteiger partial charge on any atom is -0.297 e. The number of oxime groups is 1. The highest BCUT2D eigenvalue weighted by molar-refractivity contribution is 7.17. The van der Waals surface area contributed by atoms with Crippen molar-refractivity contribution >= 4 is 52.0 Å². The molecule has 0 aliphatic carbocycles. The lowest BCUT2D eigenvalue weighted by atomic mass is 10.2. The van der Waals surface area contributed by atoms with Gasteiger partial charge in [-0.2, -0.15) is 0 Å². The third-order valence-electron chi connectivity index (χ3n) is 3.58. The van der Waals surface area contributed by atoms with E-state index in [1.165, 1.54) is 17.4 Å². The largest absolute Gasteiger partial charge is 0.437 e. The van der Waals surface area contributed by atoms with Gasteiger partial charge in [0.1, 0.15) is 5.01 Å². The molecule has 0 aliphatic heterocycles. The molecule has 0 atom stereocenters. The summed E-state index contributed by atoms with van der Waals surface area (Å²) in [6.07, 6.45) is -0.746. The number of benzene rings is 2. The van der Waals surface area contributed by atoms with E-state index >= 15 is 0 Å². The highest BCUT2D eigenvalue weighted by atomic mass is 35.5. The number of anilines is 1. The van der Waals surface area contributed by atoms with Gasteiger partial charge in [-0.05, 0) is 32.0 Å². The second-order valence-electron chi connectivity index (χ2n) is 5.60. The minimum absolute atomic E-state index is 0.311. The predicted molar refractivity (Wildman–Crippen MR) is 111 cm³/mol. The Kier molecular flexibility index (Phi) is 6.11. The van der Waals surface area contributed by atoms with E-state index in [0.29, 0.717) is 21.4 Å². The number of thiazole rings is 1. The van der Waals surface area contributed by atoms with Gasteiger partial charge < -0.3 is 0 Å². The zero-order chi connectivity index (χ0) is 19.4. The van der Waals surface area contributed by atoms with Crippen LogP contribution in [-0.4, -0.2) is 16.8 Å². The third-order valence-corrected chi connectivity index (χ3v) is 5.44. The summed E-state index contributed by atoms with van der Waals surface area (Å²) in [6.45, 7) is 3.66.